The van der Waals surface area contributed by atoms with Crippen LogP contribution in [0.1, 0.15) is 17.3 Å². The van der Waals surface area contributed by atoms with Crippen molar-refractivity contribution in [2.45, 2.75) is 6.04 Å². The molecule has 0 aliphatic heterocycles. The molecule has 3 nitrogen and oxygen atoms in total. The first-order valence-electron chi connectivity index (χ1n) is 4.78. The molecule has 0 saturated carbocycles. The first-order chi connectivity index (χ1) is 7.58. The van der Waals surface area contributed by atoms with Crippen LogP contribution in [0.3, 0.4) is 0 Å². The molecule has 0 spiro atoms. The van der Waals surface area contributed by atoms with E-state index in [2.05, 4.69) is 5.10 Å². The molecule has 0 fully saturated rings. The molecule has 1 aromatic carbocycles. The summed E-state index contributed by atoms with van der Waals surface area (Å²) in [4.78, 5) is 0. The van der Waals surface area contributed by atoms with Crippen LogP contribution in [0.2, 0.25) is 10.0 Å². The van der Waals surface area contributed by atoms with Crippen LogP contribution >= 0.6 is 23.2 Å². The van der Waals surface area contributed by atoms with Gasteiger partial charge in [-0.25, -0.2) is 0 Å². The average molecular weight is 256 g/mol. The van der Waals surface area contributed by atoms with Crippen LogP contribution in [0.4, 0.5) is 0 Å². The average Bonchev–Trinajstić information content (AvgIpc) is 2.67. The highest BCUT2D eigenvalue weighted by Gasteiger charge is 2.15. The maximum atomic E-state index is 6.08. The molecular weight excluding hydrogens is 245 g/mol. The Labute approximate surface area is 104 Å². The standard InChI is InChI=1S/C11H11Cl2N3/c1-16-5-4-10(15-16)11(14)8-6-7(12)2-3-9(8)13/h2-6,11H,14H2,1H3. The largest absolute Gasteiger partial charge is 0.319 e. The summed E-state index contributed by atoms with van der Waals surface area (Å²) in [7, 11) is 1.84. The number of aryl methyl sites for hydroxylation is 1. The molecule has 0 aliphatic rings. The van der Waals surface area contributed by atoms with Crippen molar-refractivity contribution in [1.82, 2.24) is 9.78 Å². The van der Waals surface area contributed by atoms with Crippen molar-refractivity contribution in [3.63, 3.8) is 0 Å². The van der Waals surface area contributed by atoms with Crippen LogP contribution in [0.25, 0.3) is 0 Å². The number of rotatable bonds is 2. The highest BCUT2D eigenvalue weighted by molar-refractivity contribution is 6.33. The second-order valence-corrected chi connectivity index (χ2v) is 4.40. The Morgan fingerprint density at radius 1 is 1.31 bits per heavy atom. The van der Waals surface area contributed by atoms with E-state index in [9.17, 15) is 0 Å². The van der Waals surface area contributed by atoms with Crippen molar-refractivity contribution in [1.29, 1.82) is 0 Å². The molecule has 0 bridgehead atoms. The zero-order valence-electron chi connectivity index (χ0n) is 8.69. The van der Waals surface area contributed by atoms with Crippen LogP contribution in [0.5, 0.6) is 0 Å². The summed E-state index contributed by atoms with van der Waals surface area (Å²) < 4.78 is 1.70. The third kappa shape index (κ3) is 2.21. The lowest BCUT2D eigenvalue weighted by Crippen LogP contribution is -2.13. The van der Waals surface area contributed by atoms with Gasteiger partial charge in [0.15, 0.2) is 0 Å². The van der Waals surface area contributed by atoms with E-state index in [4.69, 9.17) is 28.9 Å². The van der Waals surface area contributed by atoms with Crippen LogP contribution < -0.4 is 5.73 Å². The fourth-order valence-electron chi connectivity index (χ4n) is 1.51. The van der Waals surface area contributed by atoms with Gasteiger partial charge in [0.1, 0.15) is 0 Å². The predicted molar refractivity (Wildman–Crippen MR) is 65.7 cm³/mol. The summed E-state index contributed by atoms with van der Waals surface area (Å²) in [5, 5.41) is 5.46. The highest BCUT2D eigenvalue weighted by Crippen LogP contribution is 2.28. The van der Waals surface area contributed by atoms with Gasteiger partial charge in [-0.15, -0.1) is 0 Å². The Bertz CT molecular complexity index is 508. The minimum atomic E-state index is -0.354. The zero-order valence-corrected chi connectivity index (χ0v) is 10.2. The molecule has 2 rings (SSSR count). The smallest absolute Gasteiger partial charge is 0.0837 e. The molecule has 2 N–H and O–H groups in total. The van der Waals surface area contributed by atoms with Gasteiger partial charge in [-0.1, -0.05) is 23.2 Å². The van der Waals surface area contributed by atoms with Crippen molar-refractivity contribution >= 4 is 23.2 Å². The molecule has 0 amide bonds. The summed E-state index contributed by atoms with van der Waals surface area (Å²) in [5.41, 5.74) is 7.64. The van der Waals surface area contributed by atoms with Crippen LogP contribution in [-0.4, -0.2) is 9.78 Å². The van der Waals surface area contributed by atoms with E-state index in [0.717, 1.165) is 11.3 Å². The molecule has 84 valence electrons. The van der Waals surface area contributed by atoms with E-state index >= 15 is 0 Å². The first kappa shape index (κ1) is 11.5. The second kappa shape index (κ2) is 4.45. The maximum absolute atomic E-state index is 6.08. The van der Waals surface area contributed by atoms with Crippen molar-refractivity contribution in [3.8, 4) is 0 Å². The van der Waals surface area contributed by atoms with Crippen molar-refractivity contribution in [2.75, 3.05) is 0 Å². The van der Waals surface area contributed by atoms with Crippen LogP contribution in [0.15, 0.2) is 30.5 Å². The number of hydrogen-bond acceptors (Lipinski definition) is 2. The third-order valence-electron chi connectivity index (χ3n) is 2.35. The van der Waals surface area contributed by atoms with Gasteiger partial charge in [0.25, 0.3) is 0 Å². The third-order valence-corrected chi connectivity index (χ3v) is 2.93. The summed E-state index contributed by atoms with van der Waals surface area (Å²) in [6.45, 7) is 0. The fraction of sp³-hybridized carbons (Fsp3) is 0.182. The van der Waals surface area contributed by atoms with Gasteiger partial charge in [-0.2, -0.15) is 5.10 Å². The monoisotopic (exact) mass is 255 g/mol. The molecule has 1 unspecified atom stereocenters. The summed E-state index contributed by atoms with van der Waals surface area (Å²) in [6.07, 6.45) is 1.84. The lowest BCUT2D eigenvalue weighted by atomic mass is 10.1. The summed E-state index contributed by atoms with van der Waals surface area (Å²) in [5.74, 6) is 0. The molecule has 1 atom stereocenters. The molecule has 16 heavy (non-hydrogen) atoms. The van der Waals surface area contributed by atoms with E-state index < -0.39 is 0 Å². The molecule has 2 aromatic rings. The Morgan fingerprint density at radius 2 is 2.06 bits per heavy atom. The number of benzene rings is 1. The van der Waals surface area contributed by atoms with Crippen LogP contribution in [0, 0.1) is 0 Å². The quantitative estimate of drug-likeness (QED) is 0.897. The Kier molecular flexibility index (Phi) is 3.19. The Morgan fingerprint density at radius 3 is 2.69 bits per heavy atom. The van der Waals surface area contributed by atoms with Gasteiger partial charge in [0.05, 0.1) is 11.7 Å². The SMILES string of the molecule is Cn1ccc(C(N)c2cc(Cl)ccc2Cl)n1. The van der Waals surface area contributed by atoms with Crippen LogP contribution in [-0.2, 0) is 7.05 Å². The van der Waals surface area contributed by atoms with E-state index in [-0.39, 0.29) is 6.04 Å². The molecule has 1 aromatic heterocycles. The van der Waals surface area contributed by atoms with E-state index in [1.54, 1.807) is 22.9 Å². The molecule has 5 heteroatoms. The molecule has 0 saturated heterocycles. The summed E-state index contributed by atoms with van der Waals surface area (Å²) >= 11 is 12.0. The number of nitrogens with two attached hydrogens (primary N) is 1. The van der Waals surface area contributed by atoms with Crippen molar-refractivity contribution in [3.05, 3.63) is 51.8 Å². The zero-order chi connectivity index (χ0) is 11.7. The van der Waals surface area contributed by atoms with Crippen molar-refractivity contribution in [2.24, 2.45) is 12.8 Å². The van der Waals surface area contributed by atoms with Crippen molar-refractivity contribution < 1.29 is 0 Å². The van der Waals surface area contributed by atoms with Gasteiger partial charge in [-0.3, -0.25) is 4.68 Å². The second-order valence-electron chi connectivity index (χ2n) is 3.56. The van der Waals surface area contributed by atoms with Gasteiger partial charge >= 0.3 is 0 Å². The Hall–Kier alpha value is -1.03. The number of nitrogens with zero attached hydrogens (tertiary/aromatic N) is 2. The number of aromatic nitrogens is 2. The first-order valence-corrected chi connectivity index (χ1v) is 5.53. The molecule has 0 aliphatic carbocycles. The van der Waals surface area contributed by atoms with E-state index in [1.807, 2.05) is 19.3 Å². The molecular formula is C11H11Cl2N3. The van der Waals surface area contributed by atoms with Gasteiger partial charge < -0.3 is 5.73 Å². The normalized spacial score (nSPS) is 12.8. The molecule has 1 heterocycles. The Balaban J connectivity index is 2.40. The molecule has 0 radical (unpaired) electrons. The van der Waals surface area contributed by atoms with Gasteiger partial charge in [0.2, 0.25) is 0 Å². The summed E-state index contributed by atoms with van der Waals surface area (Å²) in [6, 6.07) is 6.75. The van der Waals surface area contributed by atoms with Gasteiger partial charge in [0, 0.05) is 23.3 Å². The number of hydrogen-bond donors (Lipinski definition) is 1. The lowest BCUT2D eigenvalue weighted by molar-refractivity contribution is 0.716. The topological polar surface area (TPSA) is 43.8 Å². The minimum absolute atomic E-state index is 0.354. The maximum Gasteiger partial charge on any atom is 0.0837 e. The van der Waals surface area contributed by atoms with E-state index in [1.165, 1.54) is 0 Å². The predicted octanol–water partition coefficient (Wildman–Crippen LogP) is 2.78. The fourth-order valence-corrected chi connectivity index (χ4v) is 1.93. The van der Waals surface area contributed by atoms with E-state index in [0.29, 0.717) is 10.0 Å². The highest BCUT2D eigenvalue weighted by atomic mass is 35.5. The lowest BCUT2D eigenvalue weighted by Gasteiger charge is -2.11. The minimum Gasteiger partial charge on any atom is -0.319 e. The van der Waals surface area contributed by atoms with Gasteiger partial charge in [-0.05, 0) is 29.8 Å². The number of halogens is 2.